The van der Waals surface area contributed by atoms with E-state index in [-0.39, 0.29) is 24.5 Å². The highest BCUT2D eigenvalue weighted by atomic mass is 32.1. The first kappa shape index (κ1) is 17.4. The van der Waals surface area contributed by atoms with Crippen molar-refractivity contribution < 1.29 is 19.1 Å². The number of ketones is 1. The first-order valence-electron chi connectivity index (χ1n) is 8.26. The lowest BCUT2D eigenvalue weighted by Crippen LogP contribution is -2.16. The number of nitrogens with one attached hydrogen (secondary N) is 1. The Morgan fingerprint density at radius 1 is 1.20 bits per heavy atom. The third-order valence-corrected chi connectivity index (χ3v) is 4.85. The molecule has 0 spiro atoms. The van der Waals surface area contributed by atoms with Crippen molar-refractivity contribution in [2.75, 3.05) is 18.5 Å². The van der Waals surface area contributed by atoms with Crippen molar-refractivity contribution in [2.45, 2.75) is 33.1 Å². The lowest BCUT2D eigenvalue weighted by Gasteiger charge is -2.18. The van der Waals surface area contributed by atoms with Crippen LogP contribution in [0.4, 0.5) is 5.13 Å². The van der Waals surface area contributed by atoms with Crippen LogP contribution in [-0.4, -0.2) is 29.9 Å². The summed E-state index contributed by atoms with van der Waals surface area (Å²) in [6.45, 7) is 4.99. The number of ether oxygens (including phenoxy) is 2. The number of amides is 1. The summed E-state index contributed by atoms with van der Waals surface area (Å²) in [6.07, 6.45) is 1.09. The SMILES string of the molecule is CCc1nc(NC(=O)CCC(=O)c2ccc3c(c2)OCCO3)sc1C. The Labute approximate surface area is 150 Å². The number of aromatic nitrogens is 1. The van der Waals surface area contributed by atoms with Gasteiger partial charge in [0.15, 0.2) is 22.4 Å². The summed E-state index contributed by atoms with van der Waals surface area (Å²) in [5.41, 5.74) is 1.52. The summed E-state index contributed by atoms with van der Waals surface area (Å²) in [5.74, 6) is 0.914. The number of thiazole rings is 1. The summed E-state index contributed by atoms with van der Waals surface area (Å²) >= 11 is 1.45. The van der Waals surface area contributed by atoms with Crippen LogP contribution in [0, 0.1) is 6.92 Å². The Balaban J connectivity index is 1.55. The maximum atomic E-state index is 12.3. The van der Waals surface area contributed by atoms with Crippen molar-refractivity contribution in [1.29, 1.82) is 0 Å². The van der Waals surface area contributed by atoms with Crippen LogP contribution in [0.25, 0.3) is 0 Å². The molecular weight excluding hydrogens is 340 g/mol. The fourth-order valence-corrected chi connectivity index (χ4v) is 3.50. The highest BCUT2D eigenvalue weighted by molar-refractivity contribution is 7.15. The lowest BCUT2D eigenvalue weighted by atomic mass is 10.1. The first-order chi connectivity index (χ1) is 12.1. The van der Waals surface area contributed by atoms with Crippen LogP contribution < -0.4 is 14.8 Å². The van der Waals surface area contributed by atoms with E-state index in [2.05, 4.69) is 10.3 Å². The molecule has 0 bridgehead atoms. The molecule has 25 heavy (non-hydrogen) atoms. The van der Waals surface area contributed by atoms with E-state index in [1.807, 2.05) is 13.8 Å². The second-order valence-electron chi connectivity index (χ2n) is 5.71. The topological polar surface area (TPSA) is 77.5 Å². The van der Waals surface area contributed by atoms with Crippen LogP contribution in [-0.2, 0) is 11.2 Å². The molecular formula is C18H20N2O4S. The molecule has 2 heterocycles. The molecule has 1 aliphatic heterocycles. The van der Waals surface area contributed by atoms with Gasteiger partial charge in [0.1, 0.15) is 13.2 Å². The minimum absolute atomic E-state index is 0.100. The number of aryl methyl sites for hydroxylation is 2. The smallest absolute Gasteiger partial charge is 0.226 e. The average Bonchev–Trinajstić information content (AvgIpc) is 2.98. The number of fused-ring (bicyclic) bond motifs is 1. The number of carbonyl (C=O) groups excluding carboxylic acids is 2. The zero-order valence-corrected chi connectivity index (χ0v) is 15.1. The van der Waals surface area contributed by atoms with Gasteiger partial charge < -0.3 is 14.8 Å². The van der Waals surface area contributed by atoms with Crippen LogP contribution in [0.5, 0.6) is 11.5 Å². The van der Waals surface area contributed by atoms with E-state index in [9.17, 15) is 9.59 Å². The van der Waals surface area contributed by atoms with Crippen LogP contribution >= 0.6 is 11.3 Å². The van der Waals surface area contributed by atoms with Gasteiger partial charge in [0, 0.05) is 23.3 Å². The Hall–Kier alpha value is -2.41. The minimum Gasteiger partial charge on any atom is -0.486 e. The van der Waals surface area contributed by atoms with Gasteiger partial charge in [-0.3, -0.25) is 9.59 Å². The Kier molecular flexibility index (Phi) is 5.33. The number of carbonyl (C=O) groups is 2. The number of Topliss-reactive ketones (excluding diaryl/α,β-unsaturated/α-hetero) is 1. The third kappa shape index (κ3) is 4.17. The van der Waals surface area contributed by atoms with E-state index in [4.69, 9.17) is 9.47 Å². The average molecular weight is 360 g/mol. The summed E-state index contributed by atoms with van der Waals surface area (Å²) < 4.78 is 10.9. The second-order valence-corrected chi connectivity index (χ2v) is 6.91. The Morgan fingerprint density at radius 3 is 2.68 bits per heavy atom. The van der Waals surface area contributed by atoms with Crippen LogP contribution in [0.2, 0.25) is 0 Å². The van der Waals surface area contributed by atoms with E-state index in [1.54, 1.807) is 18.2 Å². The van der Waals surface area contributed by atoms with Crippen molar-refractivity contribution in [3.05, 3.63) is 34.3 Å². The van der Waals surface area contributed by atoms with E-state index in [1.165, 1.54) is 11.3 Å². The van der Waals surface area contributed by atoms with Crippen molar-refractivity contribution in [2.24, 2.45) is 0 Å². The molecule has 0 unspecified atom stereocenters. The van der Waals surface area contributed by atoms with Crippen LogP contribution in [0.1, 0.15) is 40.7 Å². The molecule has 1 aromatic heterocycles. The summed E-state index contributed by atoms with van der Waals surface area (Å²) in [6, 6.07) is 5.10. The zero-order valence-electron chi connectivity index (χ0n) is 14.3. The van der Waals surface area contributed by atoms with Gasteiger partial charge >= 0.3 is 0 Å². The number of hydrogen-bond acceptors (Lipinski definition) is 6. The van der Waals surface area contributed by atoms with Crippen LogP contribution in [0.3, 0.4) is 0 Å². The molecule has 0 atom stereocenters. The van der Waals surface area contributed by atoms with Crippen molar-refractivity contribution in [3.63, 3.8) is 0 Å². The lowest BCUT2D eigenvalue weighted by molar-refractivity contribution is -0.116. The fourth-order valence-electron chi connectivity index (χ4n) is 2.58. The van der Waals surface area contributed by atoms with E-state index in [0.29, 0.717) is 35.4 Å². The molecule has 1 amide bonds. The minimum atomic E-state index is -0.206. The molecule has 1 N–H and O–H groups in total. The highest BCUT2D eigenvalue weighted by Gasteiger charge is 2.16. The Bertz CT molecular complexity index is 800. The molecule has 1 aliphatic rings. The molecule has 1 aromatic carbocycles. The molecule has 2 aromatic rings. The number of anilines is 1. The van der Waals surface area contributed by atoms with Gasteiger partial charge in [-0.2, -0.15) is 0 Å². The predicted octanol–water partition coefficient (Wildman–Crippen LogP) is 3.39. The summed E-state index contributed by atoms with van der Waals surface area (Å²) in [5, 5.41) is 3.35. The number of benzene rings is 1. The quantitative estimate of drug-likeness (QED) is 0.799. The summed E-state index contributed by atoms with van der Waals surface area (Å²) in [7, 11) is 0. The maximum absolute atomic E-state index is 12.3. The molecule has 6 nitrogen and oxygen atoms in total. The molecule has 0 saturated heterocycles. The fraction of sp³-hybridized carbons (Fsp3) is 0.389. The van der Waals surface area contributed by atoms with Gasteiger partial charge in [0.25, 0.3) is 0 Å². The highest BCUT2D eigenvalue weighted by Crippen LogP contribution is 2.31. The molecule has 3 rings (SSSR count). The van der Waals surface area contributed by atoms with Crippen molar-refractivity contribution in [1.82, 2.24) is 4.98 Å². The van der Waals surface area contributed by atoms with E-state index < -0.39 is 0 Å². The van der Waals surface area contributed by atoms with Gasteiger partial charge in [-0.05, 0) is 31.5 Å². The normalized spacial score (nSPS) is 12.7. The molecule has 0 saturated carbocycles. The zero-order chi connectivity index (χ0) is 17.8. The number of rotatable bonds is 6. The van der Waals surface area contributed by atoms with Gasteiger partial charge in [-0.15, -0.1) is 11.3 Å². The monoisotopic (exact) mass is 360 g/mol. The van der Waals surface area contributed by atoms with Crippen molar-refractivity contribution >= 4 is 28.2 Å². The van der Waals surface area contributed by atoms with Crippen LogP contribution in [0.15, 0.2) is 18.2 Å². The van der Waals surface area contributed by atoms with Crippen molar-refractivity contribution in [3.8, 4) is 11.5 Å². The number of hydrogen-bond donors (Lipinski definition) is 1. The first-order valence-corrected chi connectivity index (χ1v) is 9.07. The second kappa shape index (κ2) is 7.65. The summed E-state index contributed by atoms with van der Waals surface area (Å²) in [4.78, 5) is 29.8. The van der Waals surface area contributed by atoms with Gasteiger partial charge in [-0.25, -0.2) is 4.98 Å². The Morgan fingerprint density at radius 2 is 1.96 bits per heavy atom. The molecule has 0 fully saturated rings. The van der Waals surface area contributed by atoms with Gasteiger partial charge in [0.2, 0.25) is 5.91 Å². The largest absolute Gasteiger partial charge is 0.486 e. The molecule has 0 aliphatic carbocycles. The third-order valence-electron chi connectivity index (χ3n) is 3.92. The molecule has 132 valence electrons. The van der Waals surface area contributed by atoms with Gasteiger partial charge in [-0.1, -0.05) is 6.92 Å². The predicted molar refractivity (Wildman–Crippen MR) is 95.9 cm³/mol. The molecule has 0 radical (unpaired) electrons. The number of nitrogens with zero attached hydrogens (tertiary/aromatic N) is 1. The van der Waals surface area contributed by atoms with Gasteiger partial charge in [0.05, 0.1) is 5.69 Å². The standard InChI is InChI=1S/C18H20N2O4S/c1-3-13-11(2)25-18(19-13)20-17(22)7-5-14(21)12-4-6-15-16(10-12)24-9-8-23-15/h4,6,10H,3,5,7-9H2,1-2H3,(H,19,20,22). The molecule has 7 heteroatoms. The maximum Gasteiger partial charge on any atom is 0.226 e. The van der Waals surface area contributed by atoms with E-state index >= 15 is 0 Å². The van der Waals surface area contributed by atoms with E-state index in [0.717, 1.165) is 17.0 Å².